The van der Waals surface area contributed by atoms with Crippen LogP contribution in [-0.4, -0.2) is 0 Å². The summed E-state index contributed by atoms with van der Waals surface area (Å²) < 4.78 is 0. The second-order valence-corrected chi connectivity index (χ2v) is 7.25. The fourth-order valence-corrected chi connectivity index (χ4v) is 0. The Morgan fingerprint density at radius 3 is 1.20 bits per heavy atom. The average molecular weight is 315 g/mol. The Labute approximate surface area is 69.8 Å². The van der Waals surface area contributed by atoms with Crippen molar-refractivity contribution in [3.05, 3.63) is 0 Å². The van der Waals surface area contributed by atoms with Gasteiger partial charge in [-0.15, -0.1) is 0 Å². The van der Waals surface area contributed by atoms with E-state index in [-0.39, 0.29) is 16.8 Å². The molecule has 0 amide bonds. The van der Waals surface area contributed by atoms with Gasteiger partial charge in [-0.1, -0.05) is 0 Å². The second kappa shape index (κ2) is 9.77. The molecule has 1 radical (unpaired) electrons. The van der Waals surface area contributed by atoms with Crippen molar-refractivity contribution in [2.75, 3.05) is 0 Å². The first kappa shape index (κ1) is 10.5. The van der Waals surface area contributed by atoms with Crippen molar-refractivity contribution in [1.29, 1.82) is 0 Å². The number of rotatable bonds is 1. The average Bonchev–Trinajstić information content (AvgIpc) is 1.37. The third kappa shape index (κ3) is 10.8. The Bertz CT molecular complexity index is 9.61. The molecule has 0 aliphatic carbocycles. The summed E-state index contributed by atoms with van der Waals surface area (Å²) in [5.41, 5.74) is 0. The quantitative estimate of drug-likeness (QED) is 0.528. The molecule has 0 bridgehead atoms. The fraction of sp³-hybridized carbons (Fsp3) is 0. The Kier molecular flexibility index (Phi) is 20.6. The summed E-state index contributed by atoms with van der Waals surface area (Å²) >= 11 is 4.01. The molecule has 0 rings (SSSR count). The van der Waals surface area contributed by atoms with Crippen molar-refractivity contribution >= 4 is 17.0 Å². The van der Waals surface area contributed by atoms with Gasteiger partial charge in [0.25, 0.3) is 0 Å². The minimum atomic E-state index is 0. The Hall–Kier alpha value is 2.58. The van der Waals surface area contributed by atoms with E-state index >= 15 is 0 Å². The molecule has 33 valence electrons. The molecule has 5 heavy (non-hydrogen) atoms. The fourth-order valence-electron chi connectivity index (χ4n) is 0. The standard InChI is InChI=1S/Co.2Mo.S2/c;;;1-2/q;2*+1;-2. The summed E-state index contributed by atoms with van der Waals surface area (Å²) in [7, 11) is 3.58. The van der Waals surface area contributed by atoms with Crippen molar-refractivity contribution in [3.63, 3.8) is 0 Å². The van der Waals surface area contributed by atoms with Crippen LogP contribution in [0, 0.1) is 0 Å². The molecule has 0 aromatic rings. The molecule has 0 aromatic heterocycles. The van der Waals surface area contributed by atoms with Gasteiger partial charge in [-0.3, -0.25) is 0 Å². The van der Waals surface area contributed by atoms with Crippen molar-refractivity contribution in [2.24, 2.45) is 0 Å². The van der Waals surface area contributed by atoms with Gasteiger partial charge < -0.3 is 0 Å². The normalized spacial score (nSPS) is 5.60. The van der Waals surface area contributed by atoms with E-state index in [0.29, 0.717) is 0 Å². The zero-order chi connectivity index (χ0) is 3.41. The zero-order valence-corrected chi connectivity index (χ0v) is 8.65. The van der Waals surface area contributed by atoms with Crippen LogP contribution in [0.3, 0.4) is 0 Å². The van der Waals surface area contributed by atoms with Crippen LogP contribution in [0.2, 0.25) is 0 Å². The van der Waals surface area contributed by atoms with Gasteiger partial charge in [-0.25, -0.2) is 0 Å². The predicted molar refractivity (Wildman–Crippen MR) is 15.2 cm³/mol. The molecule has 0 saturated heterocycles. The molecular weight excluding hydrogens is 315 g/mol. The summed E-state index contributed by atoms with van der Waals surface area (Å²) in [4.78, 5) is 0. The van der Waals surface area contributed by atoms with Crippen LogP contribution in [0.25, 0.3) is 0 Å². The zero-order valence-electron chi connectivity index (χ0n) is 1.97. The van der Waals surface area contributed by atoms with E-state index in [4.69, 9.17) is 0 Å². The Balaban J connectivity index is 0. The summed E-state index contributed by atoms with van der Waals surface area (Å²) in [5.74, 6) is 0. The second-order valence-electron chi connectivity index (χ2n) is 0.136. The van der Waals surface area contributed by atoms with E-state index in [1.807, 2.05) is 37.1 Å². The summed E-state index contributed by atoms with van der Waals surface area (Å²) in [6.45, 7) is 0. The predicted octanol–water partition coefficient (Wildman–Crippen LogP) is 1.29. The van der Waals surface area contributed by atoms with Crippen molar-refractivity contribution in [3.8, 4) is 0 Å². The maximum absolute atomic E-state index is 2.01. The molecule has 0 saturated carbocycles. The van der Waals surface area contributed by atoms with Gasteiger partial charge in [0, 0.05) is 16.8 Å². The van der Waals surface area contributed by atoms with Gasteiger partial charge >= 0.3 is 54.1 Å². The van der Waals surface area contributed by atoms with Gasteiger partial charge in [0.1, 0.15) is 0 Å². The van der Waals surface area contributed by atoms with Gasteiger partial charge in [0.2, 0.25) is 0 Å². The molecule has 5 heteroatoms. The van der Waals surface area contributed by atoms with Crippen LogP contribution in [0.1, 0.15) is 0 Å². The minimum absolute atomic E-state index is 0. The van der Waals surface area contributed by atoms with Crippen molar-refractivity contribution in [2.45, 2.75) is 0 Å². The molecule has 0 aliphatic heterocycles. The molecule has 0 unspecified atom stereocenters. The third-order valence-electron chi connectivity index (χ3n) is 0.0278. The van der Waals surface area contributed by atoms with Gasteiger partial charge in [-0.05, 0) is 0 Å². The van der Waals surface area contributed by atoms with E-state index in [9.17, 15) is 0 Å². The van der Waals surface area contributed by atoms with E-state index < -0.39 is 0 Å². The van der Waals surface area contributed by atoms with Crippen LogP contribution in [0.15, 0.2) is 0 Å². The van der Waals surface area contributed by atoms with Crippen LogP contribution in [0.4, 0.5) is 0 Å². The molecule has 0 nitrogen and oxygen atoms in total. The van der Waals surface area contributed by atoms with E-state index in [1.165, 1.54) is 0 Å². The molecule has 0 aliphatic rings. The summed E-state index contributed by atoms with van der Waals surface area (Å²) in [6, 6.07) is 0. The van der Waals surface area contributed by atoms with Crippen LogP contribution in [-0.2, 0) is 53.9 Å². The van der Waals surface area contributed by atoms with Crippen molar-refractivity contribution < 1.29 is 53.9 Å². The van der Waals surface area contributed by atoms with E-state index in [0.717, 1.165) is 0 Å². The number of hydrogen-bond donors (Lipinski definition) is 0. The van der Waals surface area contributed by atoms with Crippen LogP contribution >= 0.6 is 17.0 Å². The maximum atomic E-state index is 2.01. The first-order chi connectivity index (χ1) is 1.91. The van der Waals surface area contributed by atoms with Gasteiger partial charge in [0.15, 0.2) is 0 Å². The molecule has 0 atom stereocenters. The molecule has 0 N–H and O–H groups in total. The molecule has 0 spiro atoms. The first-order valence-electron chi connectivity index (χ1n) is 0.500. The third-order valence-corrected chi connectivity index (χ3v) is 8.75. The first-order valence-corrected chi connectivity index (χ1v) is 7.42. The summed E-state index contributed by atoms with van der Waals surface area (Å²) in [5, 5.41) is 0. The monoisotopic (exact) mass is 319 g/mol. The SMILES string of the molecule is [Co].[Mo][S][S][Mo]. The van der Waals surface area contributed by atoms with Gasteiger partial charge in [0.05, 0.1) is 0 Å². The summed E-state index contributed by atoms with van der Waals surface area (Å²) in [6.07, 6.45) is 0. The molecule has 0 heterocycles. The van der Waals surface area contributed by atoms with E-state index in [2.05, 4.69) is 0 Å². The van der Waals surface area contributed by atoms with Crippen molar-refractivity contribution in [1.82, 2.24) is 0 Å². The van der Waals surface area contributed by atoms with E-state index in [1.54, 1.807) is 17.0 Å². The van der Waals surface area contributed by atoms with Gasteiger partial charge in [-0.2, -0.15) is 0 Å². The van der Waals surface area contributed by atoms with Crippen LogP contribution in [0.5, 0.6) is 0 Å². The molecule has 0 fully saturated rings. The molecular formula is CoMo2S2. The molecule has 0 aromatic carbocycles. The topological polar surface area (TPSA) is 0 Å². The Morgan fingerprint density at radius 1 is 1.00 bits per heavy atom. The van der Waals surface area contributed by atoms with Crippen LogP contribution < -0.4 is 0 Å². The Morgan fingerprint density at radius 2 is 1.20 bits per heavy atom. The number of hydrogen-bond acceptors (Lipinski definition) is 2.